The van der Waals surface area contributed by atoms with E-state index in [1.54, 1.807) is 9.80 Å². The van der Waals surface area contributed by atoms with E-state index in [0.29, 0.717) is 26.2 Å². The van der Waals surface area contributed by atoms with Gasteiger partial charge in [-0.25, -0.2) is 0 Å². The van der Waals surface area contributed by atoms with E-state index in [1.807, 2.05) is 37.3 Å². The number of rotatable bonds is 3. The minimum atomic E-state index is -0.387. The van der Waals surface area contributed by atoms with Crippen molar-refractivity contribution in [2.75, 3.05) is 19.6 Å². The molecule has 2 amide bonds. The molecule has 17 heavy (non-hydrogen) atoms. The Kier molecular flexibility index (Phi) is 3.42. The molecule has 0 radical (unpaired) electrons. The first kappa shape index (κ1) is 11.6. The second kappa shape index (κ2) is 4.99. The summed E-state index contributed by atoms with van der Waals surface area (Å²) in [6.45, 7) is 4.26. The molecule has 1 aromatic rings. The molecule has 4 heteroatoms. The Hall–Kier alpha value is -1.84. The summed E-state index contributed by atoms with van der Waals surface area (Å²) in [5, 5.41) is 0. The Balaban J connectivity index is 2.04. The van der Waals surface area contributed by atoms with Crippen LogP contribution in [0.3, 0.4) is 0 Å². The zero-order valence-electron chi connectivity index (χ0n) is 9.93. The number of amides is 2. The van der Waals surface area contributed by atoms with E-state index in [9.17, 15) is 9.59 Å². The molecule has 90 valence electrons. The number of hydrogen-bond acceptors (Lipinski definition) is 2. The van der Waals surface area contributed by atoms with Crippen molar-refractivity contribution in [3.63, 3.8) is 0 Å². The molecule has 1 heterocycles. The van der Waals surface area contributed by atoms with E-state index >= 15 is 0 Å². The molecule has 0 unspecified atom stereocenters. The summed E-state index contributed by atoms with van der Waals surface area (Å²) in [5.74, 6) is -0.767. The van der Waals surface area contributed by atoms with Gasteiger partial charge in [-0.3, -0.25) is 9.59 Å². The molecule has 1 saturated heterocycles. The molecule has 0 atom stereocenters. The Labute approximate surface area is 101 Å². The van der Waals surface area contributed by atoms with Crippen molar-refractivity contribution in [2.45, 2.75) is 13.5 Å². The second-order valence-corrected chi connectivity index (χ2v) is 4.10. The van der Waals surface area contributed by atoms with Crippen LogP contribution in [0.1, 0.15) is 12.5 Å². The summed E-state index contributed by atoms with van der Waals surface area (Å²) >= 11 is 0. The Morgan fingerprint density at radius 3 is 2.24 bits per heavy atom. The van der Waals surface area contributed by atoms with Crippen molar-refractivity contribution < 1.29 is 9.59 Å². The van der Waals surface area contributed by atoms with Crippen molar-refractivity contribution in [1.29, 1.82) is 0 Å². The van der Waals surface area contributed by atoms with Gasteiger partial charge in [-0.15, -0.1) is 0 Å². The monoisotopic (exact) mass is 232 g/mol. The lowest BCUT2D eigenvalue weighted by Crippen LogP contribution is -2.53. The van der Waals surface area contributed by atoms with Gasteiger partial charge in [-0.2, -0.15) is 0 Å². The number of carbonyl (C=O) groups excluding carboxylic acids is 2. The van der Waals surface area contributed by atoms with E-state index in [2.05, 4.69) is 0 Å². The second-order valence-electron chi connectivity index (χ2n) is 4.10. The minimum Gasteiger partial charge on any atom is -0.333 e. The molecule has 4 nitrogen and oxygen atoms in total. The van der Waals surface area contributed by atoms with Gasteiger partial charge < -0.3 is 9.80 Å². The number of benzene rings is 1. The van der Waals surface area contributed by atoms with Crippen LogP contribution in [-0.2, 0) is 16.1 Å². The van der Waals surface area contributed by atoms with Crippen molar-refractivity contribution >= 4 is 11.8 Å². The van der Waals surface area contributed by atoms with Crippen LogP contribution in [0.25, 0.3) is 0 Å². The summed E-state index contributed by atoms with van der Waals surface area (Å²) in [6, 6.07) is 9.73. The SMILES string of the molecule is CCN1CCN(Cc2ccccc2)C(=O)C1=O. The standard InChI is InChI=1S/C13H16N2O2/c1-2-14-8-9-15(13(17)12(14)16)10-11-6-4-3-5-7-11/h3-7H,2,8-10H2,1H3. The molecule has 1 aromatic carbocycles. The number of nitrogens with zero attached hydrogens (tertiary/aromatic N) is 2. The van der Waals surface area contributed by atoms with Gasteiger partial charge in [0.2, 0.25) is 0 Å². The average Bonchev–Trinajstić information content (AvgIpc) is 2.37. The molecule has 1 fully saturated rings. The van der Waals surface area contributed by atoms with Gasteiger partial charge in [-0.05, 0) is 12.5 Å². The van der Waals surface area contributed by atoms with Crippen molar-refractivity contribution in [2.24, 2.45) is 0 Å². The van der Waals surface area contributed by atoms with Crippen molar-refractivity contribution in [1.82, 2.24) is 9.80 Å². The molecular weight excluding hydrogens is 216 g/mol. The van der Waals surface area contributed by atoms with Crippen LogP contribution in [0, 0.1) is 0 Å². The third kappa shape index (κ3) is 2.46. The number of carbonyl (C=O) groups is 2. The van der Waals surface area contributed by atoms with Gasteiger partial charge in [0.1, 0.15) is 0 Å². The summed E-state index contributed by atoms with van der Waals surface area (Å²) in [7, 11) is 0. The van der Waals surface area contributed by atoms with Gasteiger partial charge in [0.15, 0.2) is 0 Å². The van der Waals surface area contributed by atoms with Crippen LogP contribution >= 0.6 is 0 Å². The first-order chi connectivity index (χ1) is 8.22. The largest absolute Gasteiger partial charge is 0.333 e. The maximum Gasteiger partial charge on any atom is 0.312 e. The molecule has 0 saturated carbocycles. The molecule has 1 aliphatic heterocycles. The smallest absolute Gasteiger partial charge is 0.312 e. The first-order valence-corrected chi connectivity index (χ1v) is 5.84. The fourth-order valence-electron chi connectivity index (χ4n) is 1.97. The molecule has 0 aromatic heterocycles. The molecule has 0 bridgehead atoms. The van der Waals surface area contributed by atoms with Crippen LogP contribution in [0.2, 0.25) is 0 Å². The highest BCUT2D eigenvalue weighted by molar-refractivity contribution is 6.35. The zero-order valence-corrected chi connectivity index (χ0v) is 9.93. The average molecular weight is 232 g/mol. The lowest BCUT2D eigenvalue weighted by molar-refractivity contribution is -0.156. The van der Waals surface area contributed by atoms with Crippen molar-refractivity contribution in [3.05, 3.63) is 35.9 Å². The highest BCUT2D eigenvalue weighted by atomic mass is 16.2. The van der Waals surface area contributed by atoms with Crippen LogP contribution in [-0.4, -0.2) is 41.2 Å². The quantitative estimate of drug-likeness (QED) is 0.726. The minimum absolute atomic E-state index is 0.380. The van der Waals surface area contributed by atoms with Crippen LogP contribution in [0.15, 0.2) is 30.3 Å². The summed E-state index contributed by atoms with van der Waals surface area (Å²) in [4.78, 5) is 26.7. The fraction of sp³-hybridized carbons (Fsp3) is 0.385. The number of likely N-dealkylation sites (N-methyl/N-ethyl adjacent to an activating group) is 1. The number of hydrogen-bond donors (Lipinski definition) is 0. The molecule has 0 aliphatic carbocycles. The normalized spacial score (nSPS) is 16.5. The fourth-order valence-corrected chi connectivity index (χ4v) is 1.97. The van der Waals surface area contributed by atoms with E-state index in [0.717, 1.165) is 5.56 Å². The Bertz CT molecular complexity index is 417. The van der Waals surface area contributed by atoms with E-state index in [4.69, 9.17) is 0 Å². The zero-order chi connectivity index (χ0) is 12.3. The Morgan fingerprint density at radius 2 is 1.59 bits per heavy atom. The highest BCUT2D eigenvalue weighted by Gasteiger charge is 2.31. The van der Waals surface area contributed by atoms with Gasteiger partial charge >= 0.3 is 11.8 Å². The van der Waals surface area contributed by atoms with E-state index in [1.165, 1.54) is 0 Å². The summed E-state index contributed by atoms with van der Waals surface area (Å²) in [6.07, 6.45) is 0. The predicted octanol–water partition coefficient (Wildman–Crippen LogP) is 0.877. The van der Waals surface area contributed by atoms with Crippen LogP contribution in [0.5, 0.6) is 0 Å². The van der Waals surface area contributed by atoms with Crippen LogP contribution in [0.4, 0.5) is 0 Å². The maximum absolute atomic E-state index is 11.8. The molecule has 0 spiro atoms. The highest BCUT2D eigenvalue weighted by Crippen LogP contribution is 2.10. The van der Waals surface area contributed by atoms with E-state index in [-0.39, 0.29) is 11.8 Å². The van der Waals surface area contributed by atoms with E-state index < -0.39 is 0 Å². The lowest BCUT2D eigenvalue weighted by atomic mass is 10.2. The third-order valence-electron chi connectivity index (χ3n) is 3.00. The van der Waals surface area contributed by atoms with Crippen molar-refractivity contribution in [3.8, 4) is 0 Å². The summed E-state index contributed by atoms with van der Waals surface area (Å²) < 4.78 is 0. The molecule has 1 aliphatic rings. The van der Waals surface area contributed by atoms with Gasteiger partial charge in [-0.1, -0.05) is 30.3 Å². The van der Waals surface area contributed by atoms with Gasteiger partial charge in [0.25, 0.3) is 0 Å². The van der Waals surface area contributed by atoms with Crippen LogP contribution < -0.4 is 0 Å². The third-order valence-corrected chi connectivity index (χ3v) is 3.00. The predicted molar refractivity (Wildman–Crippen MR) is 64.1 cm³/mol. The van der Waals surface area contributed by atoms with Gasteiger partial charge in [0, 0.05) is 26.2 Å². The van der Waals surface area contributed by atoms with Gasteiger partial charge in [0.05, 0.1) is 0 Å². The molecule has 2 rings (SSSR count). The molecular formula is C13H16N2O2. The topological polar surface area (TPSA) is 40.6 Å². The lowest BCUT2D eigenvalue weighted by Gasteiger charge is -2.33. The molecule has 0 N–H and O–H groups in total. The maximum atomic E-state index is 11.8. The Morgan fingerprint density at radius 1 is 1.00 bits per heavy atom. The first-order valence-electron chi connectivity index (χ1n) is 5.84. The summed E-state index contributed by atoms with van der Waals surface area (Å²) in [5.41, 5.74) is 1.05. The number of piperazine rings is 1.